The standard InChI is InChI=1S/C14H14N4O/c1-10-12(9-16-18(10)2)14(19)17-13(8-15)11-6-4-3-5-7-11/h3-7,9,13H,1-2H3,(H,17,19). The second-order valence-electron chi connectivity index (χ2n) is 4.21. The highest BCUT2D eigenvalue weighted by molar-refractivity contribution is 5.95. The summed E-state index contributed by atoms with van der Waals surface area (Å²) in [6.07, 6.45) is 1.50. The van der Waals surface area contributed by atoms with E-state index < -0.39 is 6.04 Å². The first kappa shape index (κ1) is 12.8. The van der Waals surface area contributed by atoms with Crippen molar-refractivity contribution in [2.75, 3.05) is 0 Å². The average molecular weight is 254 g/mol. The number of nitriles is 1. The van der Waals surface area contributed by atoms with E-state index in [0.717, 1.165) is 11.3 Å². The van der Waals surface area contributed by atoms with E-state index in [9.17, 15) is 4.79 Å². The summed E-state index contributed by atoms with van der Waals surface area (Å²) in [6, 6.07) is 10.6. The van der Waals surface area contributed by atoms with Gasteiger partial charge >= 0.3 is 0 Å². The number of amides is 1. The Labute approximate surface area is 111 Å². The van der Waals surface area contributed by atoms with Gasteiger partial charge in [-0.2, -0.15) is 10.4 Å². The van der Waals surface area contributed by atoms with Gasteiger partial charge in [0.05, 0.1) is 17.8 Å². The first-order valence-electron chi connectivity index (χ1n) is 5.87. The summed E-state index contributed by atoms with van der Waals surface area (Å²) in [7, 11) is 1.77. The van der Waals surface area contributed by atoms with Crippen molar-refractivity contribution >= 4 is 5.91 Å². The van der Waals surface area contributed by atoms with Crippen LogP contribution in [0.2, 0.25) is 0 Å². The molecule has 0 radical (unpaired) electrons. The molecule has 5 heteroatoms. The van der Waals surface area contributed by atoms with E-state index in [4.69, 9.17) is 5.26 Å². The van der Waals surface area contributed by atoms with E-state index >= 15 is 0 Å². The first-order chi connectivity index (χ1) is 9.13. The minimum atomic E-state index is -0.659. The third-order valence-corrected chi connectivity index (χ3v) is 3.02. The van der Waals surface area contributed by atoms with Gasteiger partial charge in [0.15, 0.2) is 0 Å². The summed E-state index contributed by atoms with van der Waals surface area (Å²) in [4.78, 5) is 12.1. The lowest BCUT2D eigenvalue weighted by Crippen LogP contribution is -2.27. The van der Waals surface area contributed by atoms with Crippen LogP contribution in [0.4, 0.5) is 0 Å². The van der Waals surface area contributed by atoms with Gasteiger partial charge in [-0.05, 0) is 12.5 Å². The SMILES string of the molecule is Cc1c(C(=O)NC(C#N)c2ccccc2)cnn1C. The van der Waals surface area contributed by atoms with E-state index in [2.05, 4.69) is 16.5 Å². The summed E-state index contributed by atoms with van der Waals surface area (Å²) < 4.78 is 1.62. The first-order valence-corrected chi connectivity index (χ1v) is 5.87. The smallest absolute Gasteiger partial charge is 0.256 e. The van der Waals surface area contributed by atoms with Crippen LogP contribution >= 0.6 is 0 Å². The van der Waals surface area contributed by atoms with Crippen LogP contribution in [0.5, 0.6) is 0 Å². The van der Waals surface area contributed by atoms with Gasteiger partial charge in [-0.3, -0.25) is 9.48 Å². The molecule has 96 valence electrons. The molecule has 5 nitrogen and oxygen atoms in total. The largest absolute Gasteiger partial charge is 0.332 e. The van der Waals surface area contributed by atoms with E-state index in [1.807, 2.05) is 37.3 Å². The Hall–Kier alpha value is -2.61. The van der Waals surface area contributed by atoms with Crippen LogP contribution in [-0.4, -0.2) is 15.7 Å². The number of rotatable bonds is 3. The van der Waals surface area contributed by atoms with Crippen molar-refractivity contribution in [3.05, 3.63) is 53.3 Å². The number of benzene rings is 1. The van der Waals surface area contributed by atoms with Crippen molar-refractivity contribution in [3.63, 3.8) is 0 Å². The molecule has 1 heterocycles. The second-order valence-corrected chi connectivity index (χ2v) is 4.21. The molecule has 0 aliphatic carbocycles. The molecule has 0 saturated heterocycles. The molecule has 0 saturated carbocycles. The third-order valence-electron chi connectivity index (χ3n) is 3.02. The maximum absolute atomic E-state index is 12.1. The normalized spacial score (nSPS) is 11.6. The molecule has 1 aromatic carbocycles. The summed E-state index contributed by atoms with van der Waals surface area (Å²) in [5.41, 5.74) is 2.01. The van der Waals surface area contributed by atoms with Crippen LogP contribution in [-0.2, 0) is 7.05 Å². The molecule has 2 aromatic rings. The molecule has 0 aliphatic rings. The maximum Gasteiger partial charge on any atom is 0.256 e. The van der Waals surface area contributed by atoms with Gasteiger partial charge < -0.3 is 5.32 Å². The molecule has 0 aliphatic heterocycles. The van der Waals surface area contributed by atoms with Crippen LogP contribution in [0.15, 0.2) is 36.5 Å². The van der Waals surface area contributed by atoms with Gasteiger partial charge in [0.1, 0.15) is 6.04 Å². The molecule has 0 fully saturated rings. The molecular weight excluding hydrogens is 240 g/mol. The Balaban J connectivity index is 2.18. The topological polar surface area (TPSA) is 70.7 Å². The number of nitrogens with zero attached hydrogens (tertiary/aromatic N) is 3. The molecule has 1 aromatic heterocycles. The predicted octanol–water partition coefficient (Wildman–Crippen LogP) is 1.72. The second kappa shape index (κ2) is 5.36. The van der Waals surface area contributed by atoms with E-state index in [0.29, 0.717) is 5.56 Å². The van der Waals surface area contributed by atoms with Crippen LogP contribution in [0.3, 0.4) is 0 Å². The molecule has 1 amide bonds. The van der Waals surface area contributed by atoms with Crippen molar-refractivity contribution in [2.45, 2.75) is 13.0 Å². The Kier molecular flexibility index (Phi) is 3.62. The molecule has 1 N–H and O–H groups in total. The lowest BCUT2D eigenvalue weighted by atomic mass is 10.1. The summed E-state index contributed by atoms with van der Waals surface area (Å²) in [5.74, 6) is -0.291. The van der Waals surface area contributed by atoms with E-state index in [1.54, 1.807) is 11.7 Å². The fourth-order valence-corrected chi connectivity index (χ4v) is 1.77. The van der Waals surface area contributed by atoms with Gasteiger partial charge in [-0.15, -0.1) is 0 Å². The Morgan fingerprint density at radius 3 is 2.63 bits per heavy atom. The van der Waals surface area contributed by atoms with Crippen molar-refractivity contribution in [1.82, 2.24) is 15.1 Å². The van der Waals surface area contributed by atoms with E-state index in [1.165, 1.54) is 6.20 Å². The fourth-order valence-electron chi connectivity index (χ4n) is 1.77. The van der Waals surface area contributed by atoms with Crippen LogP contribution in [0.25, 0.3) is 0 Å². The van der Waals surface area contributed by atoms with Gasteiger partial charge in [-0.25, -0.2) is 0 Å². The van der Waals surface area contributed by atoms with Gasteiger partial charge in [0.25, 0.3) is 5.91 Å². The number of hydrogen-bond donors (Lipinski definition) is 1. The van der Waals surface area contributed by atoms with Gasteiger partial charge in [-0.1, -0.05) is 30.3 Å². The molecule has 2 rings (SSSR count). The predicted molar refractivity (Wildman–Crippen MR) is 70.2 cm³/mol. The highest BCUT2D eigenvalue weighted by Gasteiger charge is 2.18. The molecule has 1 atom stereocenters. The molecule has 1 unspecified atom stereocenters. The van der Waals surface area contributed by atoms with Crippen molar-refractivity contribution in [3.8, 4) is 6.07 Å². The highest BCUT2D eigenvalue weighted by atomic mass is 16.1. The molecular formula is C14H14N4O. The van der Waals surface area contributed by atoms with Gasteiger partial charge in [0.2, 0.25) is 0 Å². The zero-order valence-corrected chi connectivity index (χ0v) is 10.8. The summed E-state index contributed by atoms with van der Waals surface area (Å²) in [5, 5.41) is 15.9. The summed E-state index contributed by atoms with van der Waals surface area (Å²) >= 11 is 0. The zero-order valence-electron chi connectivity index (χ0n) is 10.8. The average Bonchev–Trinajstić information content (AvgIpc) is 2.77. The number of carbonyl (C=O) groups excluding carboxylic acids is 1. The van der Waals surface area contributed by atoms with Crippen molar-refractivity contribution in [2.24, 2.45) is 7.05 Å². The van der Waals surface area contributed by atoms with Crippen LogP contribution < -0.4 is 5.32 Å². The number of hydrogen-bond acceptors (Lipinski definition) is 3. The fraction of sp³-hybridized carbons (Fsp3) is 0.214. The number of aryl methyl sites for hydroxylation is 1. The van der Waals surface area contributed by atoms with Gasteiger partial charge in [0, 0.05) is 12.7 Å². The number of carbonyl (C=O) groups is 1. The number of nitrogens with one attached hydrogen (secondary N) is 1. The Morgan fingerprint density at radius 2 is 2.11 bits per heavy atom. The minimum absolute atomic E-state index is 0.291. The lowest BCUT2D eigenvalue weighted by Gasteiger charge is -2.11. The van der Waals surface area contributed by atoms with Crippen LogP contribution in [0, 0.1) is 18.3 Å². The molecule has 0 bridgehead atoms. The minimum Gasteiger partial charge on any atom is -0.332 e. The zero-order chi connectivity index (χ0) is 13.8. The van der Waals surface area contributed by atoms with E-state index in [-0.39, 0.29) is 5.91 Å². The van der Waals surface area contributed by atoms with Crippen LogP contribution in [0.1, 0.15) is 27.7 Å². The summed E-state index contributed by atoms with van der Waals surface area (Å²) in [6.45, 7) is 1.81. The van der Waals surface area contributed by atoms with Crippen molar-refractivity contribution < 1.29 is 4.79 Å². The molecule has 0 spiro atoms. The Morgan fingerprint density at radius 1 is 1.42 bits per heavy atom. The third kappa shape index (κ3) is 2.63. The van der Waals surface area contributed by atoms with Crippen molar-refractivity contribution in [1.29, 1.82) is 5.26 Å². The Bertz CT molecular complexity index is 625. The monoisotopic (exact) mass is 254 g/mol. The molecule has 19 heavy (non-hydrogen) atoms. The number of aromatic nitrogens is 2. The highest BCUT2D eigenvalue weighted by Crippen LogP contribution is 2.13. The quantitative estimate of drug-likeness (QED) is 0.906. The maximum atomic E-state index is 12.1. The lowest BCUT2D eigenvalue weighted by molar-refractivity contribution is 0.0944.